The second-order valence-electron chi connectivity index (χ2n) is 4.13. The summed E-state index contributed by atoms with van der Waals surface area (Å²) < 4.78 is 3.89. The summed E-state index contributed by atoms with van der Waals surface area (Å²) in [5, 5.41) is 4.34. The van der Waals surface area contributed by atoms with Crippen LogP contribution in [-0.2, 0) is 20.0 Å². The Morgan fingerprint density at radius 3 is 2.88 bits per heavy atom. The van der Waals surface area contributed by atoms with Crippen LogP contribution in [0.1, 0.15) is 18.4 Å². The van der Waals surface area contributed by atoms with Crippen LogP contribution >= 0.6 is 0 Å². The number of nitrogens with two attached hydrogens (primary N) is 1. The number of hydrogen-bond donors (Lipinski definition) is 1. The van der Waals surface area contributed by atoms with Crippen molar-refractivity contribution in [1.82, 2.24) is 19.3 Å². The van der Waals surface area contributed by atoms with Gasteiger partial charge in [0.2, 0.25) is 0 Å². The molecule has 0 saturated heterocycles. The van der Waals surface area contributed by atoms with E-state index in [0.717, 1.165) is 24.5 Å². The topological polar surface area (TPSA) is 61.7 Å². The molecular formula is C11H17N5. The maximum atomic E-state index is 5.78. The van der Waals surface area contributed by atoms with Crippen molar-refractivity contribution < 1.29 is 0 Å². The van der Waals surface area contributed by atoms with E-state index in [1.165, 1.54) is 0 Å². The monoisotopic (exact) mass is 219 g/mol. The van der Waals surface area contributed by atoms with Gasteiger partial charge in [0.25, 0.3) is 0 Å². The standard InChI is InChI=1S/C11H17N5/c1-9(12)7-11-13-4-6-16(11)8-10-3-5-15(2)14-10/h3-6,9H,7-8,12H2,1-2H3. The van der Waals surface area contributed by atoms with Gasteiger partial charge in [-0.25, -0.2) is 4.98 Å². The number of aromatic nitrogens is 4. The van der Waals surface area contributed by atoms with E-state index in [1.54, 1.807) is 10.9 Å². The van der Waals surface area contributed by atoms with E-state index >= 15 is 0 Å². The minimum absolute atomic E-state index is 0.130. The zero-order valence-electron chi connectivity index (χ0n) is 9.67. The highest BCUT2D eigenvalue weighted by Gasteiger charge is 2.07. The molecule has 0 aliphatic carbocycles. The van der Waals surface area contributed by atoms with Crippen LogP contribution in [0.3, 0.4) is 0 Å². The normalized spacial score (nSPS) is 12.9. The number of rotatable bonds is 4. The average molecular weight is 219 g/mol. The summed E-state index contributed by atoms with van der Waals surface area (Å²) >= 11 is 0. The highest BCUT2D eigenvalue weighted by Crippen LogP contribution is 2.05. The third-order valence-corrected chi connectivity index (χ3v) is 2.41. The third-order valence-electron chi connectivity index (χ3n) is 2.41. The van der Waals surface area contributed by atoms with Gasteiger partial charge in [0, 0.05) is 38.1 Å². The maximum Gasteiger partial charge on any atom is 0.110 e. The van der Waals surface area contributed by atoms with E-state index in [0.29, 0.717) is 0 Å². The molecule has 2 heterocycles. The zero-order valence-corrected chi connectivity index (χ0v) is 9.67. The van der Waals surface area contributed by atoms with E-state index in [4.69, 9.17) is 5.73 Å². The summed E-state index contributed by atoms with van der Waals surface area (Å²) in [6.07, 6.45) is 6.50. The largest absolute Gasteiger partial charge is 0.329 e. The maximum absolute atomic E-state index is 5.78. The first-order valence-corrected chi connectivity index (χ1v) is 5.39. The van der Waals surface area contributed by atoms with E-state index in [-0.39, 0.29) is 6.04 Å². The molecular weight excluding hydrogens is 202 g/mol. The second kappa shape index (κ2) is 4.49. The summed E-state index contributed by atoms with van der Waals surface area (Å²) in [4.78, 5) is 4.31. The minimum atomic E-state index is 0.130. The van der Waals surface area contributed by atoms with Gasteiger partial charge in [-0.05, 0) is 13.0 Å². The van der Waals surface area contributed by atoms with Crippen molar-refractivity contribution in [3.8, 4) is 0 Å². The number of hydrogen-bond acceptors (Lipinski definition) is 3. The Morgan fingerprint density at radius 1 is 1.44 bits per heavy atom. The van der Waals surface area contributed by atoms with Crippen LogP contribution in [0.25, 0.3) is 0 Å². The molecule has 0 bridgehead atoms. The molecule has 0 aliphatic heterocycles. The molecule has 5 heteroatoms. The summed E-state index contributed by atoms with van der Waals surface area (Å²) in [6.45, 7) is 2.74. The zero-order chi connectivity index (χ0) is 11.5. The van der Waals surface area contributed by atoms with Gasteiger partial charge in [-0.1, -0.05) is 0 Å². The smallest absolute Gasteiger partial charge is 0.110 e. The van der Waals surface area contributed by atoms with E-state index in [2.05, 4.69) is 14.6 Å². The molecule has 86 valence electrons. The molecule has 2 N–H and O–H groups in total. The lowest BCUT2D eigenvalue weighted by Crippen LogP contribution is -2.20. The number of aryl methyl sites for hydroxylation is 1. The Kier molecular flexibility index (Phi) is 3.05. The lowest BCUT2D eigenvalue weighted by atomic mass is 10.2. The van der Waals surface area contributed by atoms with Crippen molar-refractivity contribution in [3.05, 3.63) is 36.2 Å². The van der Waals surface area contributed by atoms with Crippen molar-refractivity contribution in [2.24, 2.45) is 12.8 Å². The van der Waals surface area contributed by atoms with Crippen LogP contribution in [0.4, 0.5) is 0 Å². The molecule has 16 heavy (non-hydrogen) atoms. The average Bonchev–Trinajstić information content (AvgIpc) is 2.77. The van der Waals surface area contributed by atoms with Gasteiger partial charge in [0.1, 0.15) is 5.82 Å². The minimum Gasteiger partial charge on any atom is -0.329 e. The van der Waals surface area contributed by atoms with Gasteiger partial charge in [-0.15, -0.1) is 0 Å². The Morgan fingerprint density at radius 2 is 2.25 bits per heavy atom. The molecule has 5 nitrogen and oxygen atoms in total. The molecule has 0 spiro atoms. The first-order valence-electron chi connectivity index (χ1n) is 5.39. The van der Waals surface area contributed by atoms with Gasteiger partial charge in [0.05, 0.1) is 12.2 Å². The van der Waals surface area contributed by atoms with Crippen molar-refractivity contribution in [3.63, 3.8) is 0 Å². The van der Waals surface area contributed by atoms with Crippen LogP contribution in [0, 0.1) is 0 Å². The summed E-state index contributed by atoms with van der Waals surface area (Å²) in [6, 6.07) is 2.14. The predicted molar refractivity (Wildman–Crippen MR) is 61.9 cm³/mol. The van der Waals surface area contributed by atoms with Gasteiger partial charge in [-0.2, -0.15) is 5.10 Å². The molecule has 0 radical (unpaired) electrons. The van der Waals surface area contributed by atoms with E-state index < -0.39 is 0 Å². The summed E-state index contributed by atoms with van der Waals surface area (Å²) in [5.74, 6) is 1.01. The molecule has 2 aromatic heterocycles. The van der Waals surface area contributed by atoms with Crippen LogP contribution in [-0.4, -0.2) is 25.4 Å². The Labute approximate surface area is 94.9 Å². The fourth-order valence-electron chi connectivity index (χ4n) is 1.68. The summed E-state index contributed by atoms with van der Waals surface area (Å²) in [5.41, 5.74) is 6.81. The second-order valence-corrected chi connectivity index (χ2v) is 4.13. The van der Waals surface area contributed by atoms with Gasteiger partial charge in [0.15, 0.2) is 0 Å². The lowest BCUT2D eigenvalue weighted by Gasteiger charge is -2.08. The van der Waals surface area contributed by atoms with Gasteiger partial charge in [-0.3, -0.25) is 4.68 Å². The van der Waals surface area contributed by atoms with Crippen molar-refractivity contribution in [2.45, 2.75) is 25.9 Å². The summed E-state index contributed by atoms with van der Waals surface area (Å²) in [7, 11) is 1.92. The quantitative estimate of drug-likeness (QED) is 0.817. The van der Waals surface area contributed by atoms with Crippen molar-refractivity contribution >= 4 is 0 Å². The van der Waals surface area contributed by atoms with Gasteiger partial charge < -0.3 is 10.3 Å². The molecule has 0 saturated carbocycles. The van der Waals surface area contributed by atoms with Crippen LogP contribution < -0.4 is 5.73 Å². The Balaban J connectivity index is 2.12. The SMILES string of the molecule is CC(N)Cc1nccn1Cc1ccn(C)n1. The molecule has 1 unspecified atom stereocenters. The molecule has 2 rings (SSSR count). The first-order chi connectivity index (χ1) is 7.65. The molecule has 0 aliphatic rings. The van der Waals surface area contributed by atoms with Crippen LogP contribution in [0.5, 0.6) is 0 Å². The van der Waals surface area contributed by atoms with E-state index in [9.17, 15) is 0 Å². The molecule has 0 aromatic carbocycles. The van der Waals surface area contributed by atoms with Crippen LogP contribution in [0.2, 0.25) is 0 Å². The van der Waals surface area contributed by atoms with Crippen LogP contribution in [0.15, 0.2) is 24.7 Å². The van der Waals surface area contributed by atoms with E-state index in [1.807, 2.05) is 32.4 Å². The Bertz CT molecular complexity index is 454. The molecule has 2 aromatic rings. The highest BCUT2D eigenvalue weighted by atomic mass is 15.3. The van der Waals surface area contributed by atoms with Crippen molar-refractivity contribution in [2.75, 3.05) is 0 Å². The predicted octanol–water partition coefficient (Wildman–Crippen LogP) is 0.555. The Hall–Kier alpha value is -1.62. The molecule has 1 atom stereocenters. The highest BCUT2D eigenvalue weighted by molar-refractivity contribution is 5.03. The third kappa shape index (κ3) is 2.49. The van der Waals surface area contributed by atoms with Gasteiger partial charge >= 0.3 is 0 Å². The number of nitrogens with zero attached hydrogens (tertiary/aromatic N) is 4. The fourth-order valence-corrected chi connectivity index (χ4v) is 1.68. The number of imidazole rings is 1. The molecule has 0 amide bonds. The lowest BCUT2D eigenvalue weighted by molar-refractivity contribution is 0.634. The van der Waals surface area contributed by atoms with Crippen molar-refractivity contribution in [1.29, 1.82) is 0 Å². The fraction of sp³-hybridized carbons (Fsp3) is 0.455. The molecule has 0 fully saturated rings. The first kappa shape index (κ1) is 10.9.